The molecule has 0 aliphatic carbocycles. The van der Waals surface area contributed by atoms with Crippen LogP contribution >= 0.6 is 11.6 Å². The molecule has 0 spiro atoms. The van der Waals surface area contributed by atoms with Crippen molar-refractivity contribution in [1.82, 2.24) is 10.0 Å². The number of amidine groups is 1. The van der Waals surface area contributed by atoms with Gasteiger partial charge in [0.1, 0.15) is 11.9 Å². The fraction of sp³-hybridized carbons (Fsp3) is 0.300. The summed E-state index contributed by atoms with van der Waals surface area (Å²) in [4.78, 5) is 17.4. The van der Waals surface area contributed by atoms with Crippen molar-refractivity contribution in [2.45, 2.75) is 43.7 Å². The van der Waals surface area contributed by atoms with E-state index < -0.39 is 16.1 Å². The minimum absolute atomic E-state index is 0.185. The van der Waals surface area contributed by atoms with E-state index in [0.29, 0.717) is 23.6 Å². The van der Waals surface area contributed by atoms with E-state index in [-0.39, 0.29) is 16.6 Å². The lowest BCUT2D eigenvalue weighted by molar-refractivity contribution is -0.122. The molecule has 2 N–H and O–H groups in total. The summed E-state index contributed by atoms with van der Waals surface area (Å²) in [6, 6.07) is 13.2. The topological polar surface area (TPSA) is 87.6 Å². The Kier molecular flexibility index (Phi) is 6.36. The van der Waals surface area contributed by atoms with E-state index in [1.165, 1.54) is 6.07 Å². The number of unbranched alkanes of at least 4 members (excludes halogenated alkanes) is 1. The molecule has 0 radical (unpaired) electrons. The maximum atomic E-state index is 12.7. The second kappa shape index (κ2) is 8.75. The molecule has 1 aliphatic heterocycles. The van der Waals surface area contributed by atoms with Gasteiger partial charge < -0.3 is 5.32 Å². The van der Waals surface area contributed by atoms with Crippen molar-refractivity contribution in [1.29, 1.82) is 0 Å². The molecule has 8 heteroatoms. The number of nitrogens with zero attached hydrogens (tertiary/aromatic N) is 1. The van der Waals surface area contributed by atoms with Crippen LogP contribution in [-0.4, -0.2) is 26.2 Å². The van der Waals surface area contributed by atoms with Gasteiger partial charge in [0.15, 0.2) is 0 Å². The second-order valence-corrected chi connectivity index (χ2v) is 8.67. The molecule has 0 saturated carbocycles. The van der Waals surface area contributed by atoms with E-state index in [1.807, 2.05) is 19.1 Å². The number of amides is 1. The van der Waals surface area contributed by atoms with Crippen molar-refractivity contribution in [3.05, 3.63) is 64.7 Å². The first-order valence-electron chi connectivity index (χ1n) is 9.13. The third-order valence-electron chi connectivity index (χ3n) is 4.46. The molecule has 6 nitrogen and oxygen atoms in total. The van der Waals surface area contributed by atoms with E-state index in [2.05, 4.69) is 15.0 Å². The van der Waals surface area contributed by atoms with Crippen molar-refractivity contribution in [3.8, 4) is 0 Å². The number of benzene rings is 2. The van der Waals surface area contributed by atoms with Gasteiger partial charge in [-0.2, -0.15) is 0 Å². The first-order valence-corrected chi connectivity index (χ1v) is 11.0. The van der Waals surface area contributed by atoms with Crippen LogP contribution in [0.2, 0.25) is 5.02 Å². The summed E-state index contributed by atoms with van der Waals surface area (Å²) in [7, 11) is -3.63. The van der Waals surface area contributed by atoms with Crippen LogP contribution in [-0.2, 0) is 21.4 Å². The average molecular weight is 420 g/mol. The number of fused-ring (bicyclic) bond motifs is 1. The highest BCUT2D eigenvalue weighted by atomic mass is 35.5. The summed E-state index contributed by atoms with van der Waals surface area (Å²) in [6.07, 6.45) is 2.26. The van der Waals surface area contributed by atoms with Crippen LogP contribution in [0.25, 0.3) is 0 Å². The normalized spacial score (nSPS) is 17.0. The molecule has 1 heterocycles. The quantitative estimate of drug-likeness (QED) is 0.722. The van der Waals surface area contributed by atoms with E-state index in [4.69, 9.17) is 11.6 Å². The van der Waals surface area contributed by atoms with Gasteiger partial charge in [-0.1, -0.05) is 55.6 Å². The second-order valence-electron chi connectivity index (χ2n) is 6.58. The van der Waals surface area contributed by atoms with Crippen LogP contribution in [0.15, 0.2) is 58.4 Å². The molecule has 1 amide bonds. The smallest absolute Gasteiger partial charge is 0.263 e. The Morgan fingerprint density at radius 1 is 1.18 bits per heavy atom. The van der Waals surface area contributed by atoms with Gasteiger partial charge in [0.2, 0.25) is 5.91 Å². The highest BCUT2D eigenvalue weighted by Crippen LogP contribution is 2.23. The molecule has 1 unspecified atom stereocenters. The predicted octanol–water partition coefficient (Wildman–Crippen LogP) is 3.25. The molecule has 2 aromatic rings. The van der Waals surface area contributed by atoms with E-state index in [0.717, 1.165) is 18.4 Å². The number of carbonyl (C=O) groups is 1. The molecule has 0 saturated heterocycles. The fourth-order valence-corrected chi connectivity index (χ4v) is 4.31. The molecule has 1 aliphatic rings. The molecule has 148 valence electrons. The van der Waals surface area contributed by atoms with Crippen molar-refractivity contribution in [3.63, 3.8) is 0 Å². The molecule has 3 rings (SSSR count). The van der Waals surface area contributed by atoms with Crippen LogP contribution in [0.1, 0.15) is 37.3 Å². The Bertz CT molecular complexity index is 988. The number of aliphatic imine (C=N–C) groups is 1. The third-order valence-corrected chi connectivity index (χ3v) is 6.11. The lowest BCUT2D eigenvalue weighted by Gasteiger charge is -2.14. The zero-order chi connectivity index (χ0) is 20.1. The van der Waals surface area contributed by atoms with Crippen molar-refractivity contribution < 1.29 is 13.2 Å². The van der Waals surface area contributed by atoms with Gasteiger partial charge >= 0.3 is 0 Å². The highest BCUT2D eigenvalue weighted by molar-refractivity contribution is 7.90. The van der Waals surface area contributed by atoms with Gasteiger partial charge in [-0.15, -0.1) is 0 Å². The monoisotopic (exact) mass is 419 g/mol. The van der Waals surface area contributed by atoms with Gasteiger partial charge in [-0.25, -0.2) is 8.42 Å². The summed E-state index contributed by atoms with van der Waals surface area (Å²) < 4.78 is 27.0. The first-order chi connectivity index (χ1) is 13.4. The molecule has 2 aromatic carbocycles. The van der Waals surface area contributed by atoms with Gasteiger partial charge in [0.05, 0.1) is 4.90 Å². The van der Waals surface area contributed by atoms with Gasteiger partial charge in [-0.05, 0) is 36.2 Å². The zero-order valence-corrected chi connectivity index (χ0v) is 17.1. The van der Waals surface area contributed by atoms with Crippen LogP contribution < -0.4 is 10.0 Å². The third kappa shape index (κ3) is 4.72. The van der Waals surface area contributed by atoms with Gasteiger partial charge in [0, 0.05) is 17.1 Å². The van der Waals surface area contributed by atoms with Gasteiger partial charge in [0.25, 0.3) is 10.0 Å². The Morgan fingerprint density at radius 3 is 2.61 bits per heavy atom. The van der Waals surface area contributed by atoms with E-state index >= 15 is 0 Å². The maximum absolute atomic E-state index is 12.7. The summed E-state index contributed by atoms with van der Waals surface area (Å²) >= 11 is 5.88. The molecule has 0 fully saturated rings. The van der Waals surface area contributed by atoms with Gasteiger partial charge in [-0.3, -0.25) is 14.5 Å². The van der Waals surface area contributed by atoms with Crippen LogP contribution in [0.5, 0.6) is 0 Å². The number of sulfonamides is 1. The minimum atomic E-state index is -3.63. The molecular formula is C20H22ClN3O3S. The van der Waals surface area contributed by atoms with E-state index in [1.54, 1.807) is 30.3 Å². The largest absolute Gasteiger partial charge is 0.350 e. The van der Waals surface area contributed by atoms with E-state index in [9.17, 15) is 13.2 Å². The average Bonchev–Trinajstić information content (AvgIpc) is 2.95. The zero-order valence-electron chi connectivity index (χ0n) is 15.5. The standard InChI is InChI=1S/C20H22ClN3O3S/c1-2-3-7-17(20(25)22-13-14-9-11-15(21)12-10-14)23-19-16-6-4-5-8-18(16)28(26,27)24-19/h4-6,8-12,17H,2-3,7,13H2,1H3,(H,22,25)(H,23,24). The number of carbonyl (C=O) groups excluding carboxylic acids is 1. The number of hydrogen-bond donors (Lipinski definition) is 2. The Hall–Kier alpha value is -2.38. The summed E-state index contributed by atoms with van der Waals surface area (Å²) in [5, 5.41) is 3.51. The summed E-state index contributed by atoms with van der Waals surface area (Å²) in [5.74, 6) is -0.0159. The van der Waals surface area contributed by atoms with Crippen LogP contribution in [0, 0.1) is 0 Å². The van der Waals surface area contributed by atoms with Crippen molar-refractivity contribution in [2.75, 3.05) is 0 Å². The molecule has 0 aromatic heterocycles. The summed E-state index contributed by atoms with van der Waals surface area (Å²) in [6.45, 7) is 2.38. The van der Waals surface area contributed by atoms with Crippen LogP contribution in [0.3, 0.4) is 0 Å². The maximum Gasteiger partial charge on any atom is 0.263 e. The summed E-state index contributed by atoms with van der Waals surface area (Å²) in [5.41, 5.74) is 1.42. The number of rotatable bonds is 7. The predicted molar refractivity (Wildman–Crippen MR) is 110 cm³/mol. The van der Waals surface area contributed by atoms with Crippen molar-refractivity contribution in [2.24, 2.45) is 4.99 Å². The lowest BCUT2D eigenvalue weighted by atomic mass is 10.1. The molecule has 0 bridgehead atoms. The van der Waals surface area contributed by atoms with Crippen LogP contribution in [0.4, 0.5) is 0 Å². The SMILES string of the molecule is CCCCC(N=C1NS(=O)(=O)c2ccccc21)C(=O)NCc1ccc(Cl)cc1. The minimum Gasteiger partial charge on any atom is -0.350 e. The fourth-order valence-electron chi connectivity index (χ4n) is 2.95. The number of hydrogen-bond acceptors (Lipinski definition) is 4. The Labute approximate surface area is 170 Å². The number of halogens is 1. The molecule has 28 heavy (non-hydrogen) atoms. The lowest BCUT2D eigenvalue weighted by Crippen LogP contribution is -2.35. The molecule has 1 atom stereocenters. The molecular weight excluding hydrogens is 398 g/mol. The Morgan fingerprint density at radius 2 is 1.89 bits per heavy atom. The number of nitrogens with one attached hydrogen (secondary N) is 2. The Balaban J connectivity index is 1.79. The highest BCUT2D eigenvalue weighted by Gasteiger charge is 2.31. The first kappa shape index (κ1) is 20.4. The van der Waals surface area contributed by atoms with Crippen molar-refractivity contribution >= 4 is 33.4 Å².